The van der Waals surface area contributed by atoms with Gasteiger partial charge >= 0.3 is 0 Å². The first-order valence-corrected chi connectivity index (χ1v) is 11.5. The van der Waals surface area contributed by atoms with Gasteiger partial charge in [-0.15, -0.1) is 16.4 Å². The van der Waals surface area contributed by atoms with Crippen molar-refractivity contribution < 1.29 is 9.21 Å². The van der Waals surface area contributed by atoms with E-state index in [0.29, 0.717) is 23.4 Å². The third-order valence-corrected chi connectivity index (χ3v) is 7.19. The number of hydrazone groups is 1. The molecule has 4 heterocycles. The molecule has 1 aliphatic carbocycles. The minimum absolute atomic E-state index is 0.0593. The van der Waals surface area contributed by atoms with Crippen molar-refractivity contribution in [1.82, 2.24) is 25.2 Å². The average Bonchev–Trinajstić information content (AvgIpc) is 3.56. The van der Waals surface area contributed by atoms with Crippen LogP contribution in [0.1, 0.15) is 54.8 Å². The Morgan fingerprint density at radius 1 is 1.28 bits per heavy atom. The van der Waals surface area contributed by atoms with Crippen molar-refractivity contribution in [2.75, 3.05) is 5.75 Å². The summed E-state index contributed by atoms with van der Waals surface area (Å²) in [6.45, 7) is 0. The standard InChI is InChI=1S/C19H20N6O2S2/c26-18(12-29-19-20-22-23-24(19)13-5-1-2-6-13)25-15(17-8-4-10-28-17)11-14(21-25)16-7-3-9-27-16/h3-4,7-10,13,15H,1-2,5-6,11-12H2. The van der Waals surface area contributed by atoms with E-state index in [1.54, 1.807) is 22.6 Å². The molecule has 1 atom stereocenters. The number of amides is 1. The maximum atomic E-state index is 13.1. The number of carbonyl (C=O) groups is 1. The van der Waals surface area contributed by atoms with Crippen molar-refractivity contribution in [3.05, 3.63) is 46.5 Å². The van der Waals surface area contributed by atoms with Gasteiger partial charge in [0.05, 0.1) is 24.1 Å². The van der Waals surface area contributed by atoms with Gasteiger partial charge in [0, 0.05) is 11.3 Å². The Morgan fingerprint density at radius 3 is 2.93 bits per heavy atom. The van der Waals surface area contributed by atoms with Crippen molar-refractivity contribution in [2.45, 2.75) is 49.3 Å². The van der Waals surface area contributed by atoms with Crippen LogP contribution < -0.4 is 0 Å². The van der Waals surface area contributed by atoms with Crippen molar-refractivity contribution in [3.63, 3.8) is 0 Å². The molecule has 0 saturated heterocycles. The summed E-state index contributed by atoms with van der Waals surface area (Å²) in [7, 11) is 0. The molecule has 2 aliphatic rings. The number of rotatable bonds is 6. The molecule has 150 valence electrons. The molecule has 3 aromatic rings. The van der Waals surface area contributed by atoms with E-state index in [1.807, 2.05) is 34.3 Å². The number of hydrogen-bond acceptors (Lipinski definition) is 8. The molecule has 0 radical (unpaired) electrons. The minimum atomic E-state index is -0.103. The fraction of sp³-hybridized carbons (Fsp3) is 0.421. The number of nitrogens with zero attached hydrogens (tertiary/aromatic N) is 6. The number of tetrazole rings is 1. The SMILES string of the molecule is O=C(CSc1nnnn1C1CCCC1)N1N=C(c2ccco2)CC1c1cccs1. The summed E-state index contributed by atoms with van der Waals surface area (Å²) in [6, 6.07) is 8.00. The van der Waals surface area contributed by atoms with Crippen molar-refractivity contribution in [1.29, 1.82) is 0 Å². The number of aromatic nitrogens is 4. The van der Waals surface area contributed by atoms with Gasteiger partial charge in [-0.1, -0.05) is 30.7 Å². The van der Waals surface area contributed by atoms with Crippen molar-refractivity contribution in [2.24, 2.45) is 5.10 Å². The fourth-order valence-electron chi connectivity index (χ4n) is 3.89. The molecule has 8 nitrogen and oxygen atoms in total. The van der Waals surface area contributed by atoms with Crippen LogP contribution in [0.5, 0.6) is 0 Å². The van der Waals surface area contributed by atoms with E-state index < -0.39 is 0 Å². The molecule has 0 spiro atoms. The molecule has 5 rings (SSSR count). The second-order valence-electron chi connectivity index (χ2n) is 7.13. The van der Waals surface area contributed by atoms with Gasteiger partial charge < -0.3 is 4.42 Å². The summed E-state index contributed by atoms with van der Waals surface area (Å²) < 4.78 is 7.38. The summed E-state index contributed by atoms with van der Waals surface area (Å²) >= 11 is 3.01. The first-order chi connectivity index (χ1) is 14.3. The molecule has 10 heteroatoms. The van der Waals surface area contributed by atoms with Crippen LogP contribution in [0, 0.1) is 0 Å². The first kappa shape index (κ1) is 18.6. The molecular weight excluding hydrogens is 408 g/mol. The number of thiophene rings is 1. The maximum absolute atomic E-state index is 13.1. The number of carbonyl (C=O) groups excluding carboxylic acids is 1. The fourth-order valence-corrected chi connectivity index (χ4v) is 5.49. The van der Waals surface area contributed by atoms with Crippen LogP contribution in [-0.2, 0) is 4.79 Å². The highest BCUT2D eigenvalue weighted by Crippen LogP contribution is 2.36. The van der Waals surface area contributed by atoms with Crippen LogP contribution in [0.3, 0.4) is 0 Å². The second-order valence-corrected chi connectivity index (χ2v) is 9.05. The molecule has 1 unspecified atom stereocenters. The van der Waals surface area contributed by atoms with E-state index in [-0.39, 0.29) is 17.7 Å². The third kappa shape index (κ3) is 3.74. The number of furan rings is 1. The summed E-state index contributed by atoms with van der Waals surface area (Å²) in [5.41, 5.74) is 0.794. The maximum Gasteiger partial charge on any atom is 0.253 e. The minimum Gasteiger partial charge on any atom is -0.463 e. The number of thioether (sulfide) groups is 1. The Morgan fingerprint density at radius 2 is 2.17 bits per heavy atom. The van der Waals surface area contributed by atoms with Crippen LogP contribution in [0.2, 0.25) is 0 Å². The summed E-state index contributed by atoms with van der Waals surface area (Å²) in [4.78, 5) is 14.2. The lowest BCUT2D eigenvalue weighted by atomic mass is 10.1. The monoisotopic (exact) mass is 428 g/mol. The third-order valence-electron chi connectivity index (χ3n) is 5.30. The summed E-state index contributed by atoms with van der Waals surface area (Å²) in [6.07, 6.45) is 6.86. The van der Waals surface area contributed by atoms with Crippen LogP contribution in [0.15, 0.2) is 50.6 Å². The normalized spacial score (nSPS) is 19.8. The quantitative estimate of drug-likeness (QED) is 0.553. The molecular formula is C19H20N6O2S2. The molecule has 1 fully saturated rings. The zero-order valence-corrected chi connectivity index (χ0v) is 17.3. The first-order valence-electron chi connectivity index (χ1n) is 9.67. The Labute approximate surface area is 176 Å². The van der Waals surface area contributed by atoms with E-state index in [1.165, 1.54) is 24.6 Å². The largest absolute Gasteiger partial charge is 0.463 e. The zero-order valence-electron chi connectivity index (χ0n) is 15.7. The van der Waals surface area contributed by atoms with Crippen LogP contribution in [0.4, 0.5) is 0 Å². The van der Waals surface area contributed by atoms with Gasteiger partial charge in [-0.2, -0.15) is 5.10 Å². The summed E-state index contributed by atoms with van der Waals surface area (Å²) in [5, 5.41) is 21.0. The molecule has 0 N–H and O–H groups in total. The van der Waals surface area contributed by atoms with Gasteiger partial charge in [0.15, 0.2) is 0 Å². The van der Waals surface area contributed by atoms with Crippen molar-refractivity contribution >= 4 is 34.7 Å². The predicted molar refractivity (Wildman–Crippen MR) is 110 cm³/mol. The molecule has 0 aromatic carbocycles. The number of hydrogen-bond donors (Lipinski definition) is 0. The Bertz CT molecular complexity index is 992. The van der Waals surface area contributed by atoms with Gasteiger partial charge in [-0.3, -0.25) is 4.79 Å². The lowest BCUT2D eigenvalue weighted by Gasteiger charge is -2.20. The van der Waals surface area contributed by atoms with Gasteiger partial charge in [-0.25, -0.2) is 9.69 Å². The lowest BCUT2D eigenvalue weighted by Crippen LogP contribution is -2.28. The van der Waals surface area contributed by atoms with Gasteiger partial charge in [0.1, 0.15) is 11.5 Å². The van der Waals surface area contributed by atoms with Gasteiger partial charge in [0.25, 0.3) is 5.91 Å². The molecule has 1 amide bonds. The molecule has 29 heavy (non-hydrogen) atoms. The zero-order chi connectivity index (χ0) is 19.6. The van der Waals surface area contributed by atoms with E-state index in [2.05, 4.69) is 20.6 Å². The smallest absolute Gasteiger partial charge is 0.253 e. The second kappa shape index (κ2) is 8.11. The highest BCUT2D eigenvalue weighted by molar-refractivity contribution is 7.99. The summed E-state index contributed by atoms with van der Waals surface area (Å²) in [5.74, 6) is 0.889. The Hall–Kier alpha value is -2.46. The topological polar surface area (TPSA) is 89.4 Å². The molecule has 3 aromatic heterocycles. The highest BCUT2D eigenvalue weighted by atomic mass is 32.2. The Balaban J connectivity index is 1.32. The molecule has 0 bridgehead atoms. The van der Waals surface area contributed by atoms with Crippen LogP contribution in [-0.4, -0.2) is 42.6 Å². The highest BCUT2D eigenvalue weighted by Gasteiger charge is 2.35. The van der Waals surface area contributed by atoms with Crippen LogP contribution >= 0.6 is 23.1 Å². The molecule has 1 aliphatic heterocycles. The van der Waals surface area contributed by atoms with Crippen molar-refractivity contribution in [3.8, 4) is 0 Å². The molecule has 1 saturated carbocycles. The van der Waals surface area contributed by atoms with Gasteiger partial charge in [0.2, 0.25) is 5.16 Å². The van der Waals surface area contributed by atoms with Gasteiger partial charge in [-0.05, 0) is 46.8 Å². The predicted octanol–water partition coefficient (Wildman–Crippen LogP) is 3.91. The average molecular weight is 429 g/mol. The van der Waals surface area contributed by atoms with E-state index in [9.17, 15) is 4.79 Å². The Kier molecular flexibility index (Phi) is 5.19. The van der Waals surface area contributed by atoms with E-state index >= 15 is 0 Å². The van der Waals surface area contributed by atoms with Crippen LogP contribution in [0.25, 0.3) is 0 Å². The van der Waals surface area contributed by atoms with E-state index in [0.717, 1.165) is 23.4 Å². The lowest BCUT2D eigenvalue weighted by molar-refractivity contribution is -0.130. The van der Waals surface area contributed by atoms with E-state index in [4.69, 9.17) is 4.42 Å².